The van der Waals surface area contributed by atoms with Gasteiger partial charge in [0.15, 0.2) is 0 Å². The molecule has 1 aliphatic rings. The molecule has 1 aliphatic heterocycles. The van der Waals surface area contributed by atoms with E-state index >= 15 is 0 Å². The van der Waals surface area contributed by atoms with Crippen molar-refractivity contribution < 1.29 is 4.79 Å². The molecular formula is C11H9Cl2N3O. The van der Waals surface area contributed by atoms with Crippen molar-refractivity contribution in [2.24, 2.45) is 0 Å². The SMILES string of the molecule is CN1C(=N)NC(=O)/C1=C\c1c(Cl)cccc1Cl. The van der Waals surface area contributed by atoms with E-state index in [4.69, 9.17) is 28.6 Å². The van der Waals surface area contributed by atoms with Crippen LogP contribution < -0.4 is 5.32 Å². The lowest BCUT2D eigenvalue weighted by molar-refractivity contribution is -0.115. The molecule has 88 valence electrons. The molecule has 4 nitrogen and oxygen atoms in total. The number of likely N-dealkylation sites (N-methyl/N-ethyl adjacent to an activating group) is 1. The first-order valence-corrected chi connectivity index (χ1v) is 5.55. The molecule has 0 aromatic heterocycles. The van der Waals surface area contributed by atoms with Crippen molar-refractivity contribution in [2.45, 2.75) is 0 Å². The summed E-state index contributed by atoms with van der Waals surface area (Å²) in [4.78, 5) is 13.0. The molecule has 0 unspecified atom stereocenters. The Morgan fingerprint density at radius 3 is 2.41 bits per heavy atom. The van der Waals surface area contributed by atoms with Crippen LogP contribution in [0.5, 0.6) is 0 Å². The van der Waals surface area contributed by atoms with Crippen molar-refractivity contribution in [1.82, 2.24) is 10.2 Å². The molecule has 17 heavy (non-hydrogen) atoms. The highest BCUT2D eigenvalue weighted by Crippen LogP contribution is 2.27. The maximum atomic E-state index is 11.6. The van der Waals surface area contributed by atoms with E-state index in [1.54, 1.807) is 31.3 Å². The number of carbonyl (C=O) groups is 1. The summed E-state index contributed by atoms with van der Waals surface area (Å²) < 4.78 is 0. The predicted molar refractivity (Wildman–Crippen MR) is 68.1 cm³/mol. The van der Waals surface area contributed by atoms with Gasteiger partial charge in [-0.15, -0.1) is 0 Å². The lowest BCUT2D eigenvalue weighted by atomic mass is 10.2. The number of benzene rings is 1. The summed E-state index contributed by atoms with van der Waals surface area (Å²) in [6, 6.07) is 5.11. The molecule has 0 saturated carbocycles. The Kier molecular flexibility index (Phi) is 3.09. The van der Waals surface area contributed by atoms with E-state index in [2.05, 4.69) is 5.32 Å². The summed E-state index contributed by atoms with van der Waals surface area (Å²) in [6.45, 7) is 0. The molecule has 0 spiro atoms. The fourth-order valence-corrected chi connectivity index (χ4v) is 1.98. The van der Waals surface area contributed by atoms with Gasteiger partial charge in [0.2, 0.25) is 5.96 Å². The molecule has 1 saturated heterocycles. The second-order valence-electron chi connectivity index (χ2n) is 3.53. The van der Waals surface area contributed by atoms with E-state index < -0.39 is 0 Å². The first-order chi connectivity index (χ1) is 8.00. The fraction of sp³-hybridized carbons (Fsp3) is 0.0909. The zero-order valence-electron chi connectivity index (χ0n) is 8.92. The summed E-state index contributed by atoms with van der Waals surface area (Å²) >= 11 is 12.0. The highest BCUT2D eigenvalue weighted by molar-refractivity contribution is 6.37. The van der Waals surface area contributed by atoms with Crippen LogP contribution in [0.4, 0.5) is 0 Å². The zero-order valence-corrected chi connectivity index (χ0v) is 10.4. The fourth-order valence-electron chi connectivity index (χ4n) is 1.48. The first kappa shape index (κ1) is 12.0. The maximum Gasteiger partial charge on any atom is 0.274 e. The number of nitrogens with one attached hydrogen (secondary N) is 2. The summed E-state index contributed by atoms with van der Waals surface area (Å²) in [7, 11) is 1.62. The van der Waals surface area contributed by atoms with Gasteiger partial charge in [-0.1, -0.05) is 29.3 Å². The molecule has 1 fully saturated rings. The van der Waals surface area contributed by atoms with Crippen molar-refractivity contribution in [3.05, 3.63) is 39.5 Å². The van der Waals surface area contributed by atoms with Gasteiger partial charge in [0.1, 0.15) is 5.70 Å². The van der Waals surface area contributed by atoms with E-state index in [9.17, 15) is 4.79 Å². The van der Waals surface area contributed by atoms with Gasteiger partial charge in [-0.2, -0.15) is 0 Å². The molecule has 6 heteroatoms. The van der Waals surface area contributed by atoms with Crippen LogP contribution in [-0.4, -0.2) is 23.8 Å². The Morgan fingerprint density at radius 1 is 1.35 bits per heavy atom. The standard InChI is InChI=1S/C11H9Cl2N3O/c1-16-9(10(17)15-11(16)14)5-6-7(12)3-2-4-8(6)13/h2-5H,1H3,(H2,14,15,17)/b9-5+. The molecule has 1 heterocycles. The van der Waals surface area contributed by atoms with Gasteiger partial charge in [-0.3, -0.25) is 15.5 Å². The third kappa shape index (κ3) is 2.14. The Morgan fingerprint density at radius 2 is 1.94 bits per heavy atom. The van der Waals surface area contributed by atoms with Crippen LogP contribution >= 0.6 is 23.2 Å². The number of hydrogen-bond acceptors (Lipinski definition) is 2. The molecule has 0 radical (unpaired) electrons. The quantitative estimate of drug-likeness (QED) is 0.769. The van der Waals surface area contributed by atoms with Crippen LogP contribution in [0.3, 0.4) is 0 Å². The number of amides is 1. The van der Waals surface area contributed by atoms with Crippen molar-refractivity contribution in [3.8, 4) is 0 Å². The maximum absolute atomic E-state index is 11.6. The second-order valence-corrected chi connectivity index (χ2v) is 4.34. The smallest absolute Gasteiger partial charge is 0.274 e. The monoisotopic (exact) mass is 269 g/mol. The van der Waals surface area contributed by atoms with Gasteiger partial charge in [0.05, 0.1) is 0 Å². The van der Waals surface area contributed by atoms with Gasteiger partial charge in [0.25, 0.3) is 5.91 Å². The minimum atomic E-state index is -0.339. The van der Waals surface area contributed by atoms with Crippen LogP contribution in [0.15, 0.2) is 23.9 Å². The van der Waals surface area contributed by atoms with Crippen molar-refractivity contribution in [2.75, 3.05) is 7.05 Å². The molecule has 0 aliphatic carbocycles. The Labute approximate surface area is 108 Å². The van der Waals surface area contributed by atoms with Gasteiger partial charge in [-0.25, -0.2) is 0 Å². The topological polar surface area (TPSA) is 56.2 Å². The molecule has 0 atom stereocenters. The van der Waals surface area contributed by atoms with E-state index in [0.29, 0.717) is 21.3 Å². The minimum Gasteiger partial charge on any atom is -0.311 e. The number of rotatable bonds is 1. The largest absolute Gasteiger partial charge is 0.311 e. The third-order valence-electron chi connectivity index (χ3n) is 2.44. The Hall–Kier alpha value is -1.52. The Bertz CT molecular complexity index is 519. The highest BCUT2D eigenvalue weighted by Gasteiger charge is 2.27. The summed E-state index contributed by atoms with van der Waals surface area (Å²) in [5.74, 6) is -0.307. The molecule has 1 amide bonds. The van der Waals surface area contributed by atoms with Crippen LogP contribution in [0.25, 0.3) is 6.08 Å². The average Bonchev–Trinajstić information content (AvgIpc) is 2.49. The van der Waals surface area contributed by atoms with Crippen molar-refractivity contribution in [3.63, 3.8) is 0 Å². The molecule has 1 aromatic carbocycles. The van der Waals surface area contributed by atoms with Crippen LogP contribution in [0.2, 0.25) is 10.0 Å². The predicted octanol–water partition coefficient (Wildman–Crippen LogP) is 2.33. The van der Waals surface area contributed by atoms with Gasteiger partial charge in [-0.05, 0) is 18.2 Å². The average molecular weight is 270 g/mol. The number of nitrogens with zero attached hydrogens (tertiary/aromatic N) is 1. The summed E-state index contributed by atoms with van der Waals surface area (Å²) in [6.07, 6.45) is 1.57. The highest BCUT2D eigenvalue weighted by atomic mass is 35.5. The normalized spacial score (nSPS) is 17.8. The molecule has 2 N–H and O–H groups in total. The molecular weight excluding hydrogens is 261 g/mol. The molecule has 2 rings (SSSR count). The van der Waals surface area contributed by atoms with Crippen molar-refractivity contribution in [1.29, 1.82) is 5.41 Å². The van der Waals surface area contributed by atoms with Crippen LogP contribution in [-0.2, 0) is 4.79 Å². The lowest BCUT2D eigenvalue weighted by Crippen LogP contribution is -2.25. The number of carbonyl (C=O) groups excluding carboxylic acids is 1. The zero-order chi connectivity index (χ0) is 12.6. The minimum absolute atomic E-state index is 0.0319. The molecule has 0 bridgehead atoms. The van der Waals surface area contributed by atoms with Gasteiger partial charge in [0, 0.05) is 22.7 Å². The van der Waals surface area contributed by atoms with E-state index in [-0.39, 0.29) is 11.9 Å². The van der Waals surface area contributed by atoms with E-state index in [0.717, 1.165) is 0 Å². The third-order valence-corrected chi connectivity index (χ3v) is 3.10. The first-order valence-electron chi connectivity index (χ1n) is 4.80. The van der Waals surface area contributed by atoms with Crippen LogP contribution in [0.1, 0.15) is 5.56 Å². The van der Waals surface area contributed by atoms with E-state index in [1.807, 2.05) is 0 Å². The number of halogens is 2. The lowest BCUT2D eigenvalue weighted by Gasteiger charge is -2.10. The van der Waals surface area contributed by atoms with Crippen LogP contribution in [0, 0.1) is 5.41 Å². The summed E-state index contributed by atoms with van der Waals surface area (Å²) in [5.41, 5.74) is 0.910. The molecule has 1 aromatic rings. The van der Waals surface area contributed by atoms with Gasteiger partial charge >= 0.3 is 0 Å². The second kappa shape index (κ2) is 4.39. The number of hydrogen-bond donors (Lipinski definition) is 2. The summed E-state index contributed by atoms with van der Waals surface area (Å²) in [5, 5.41) is 10.8. The number of guanidine groups is 1. The van der Waals surface area contributed by atoms with Gasteiger partial charge < -0.3 is 4.90 Å². The van der Waals surface area contributed by atoms with Crippen molar-refractivity contribution >= 4 is 41.1 Å². The van der Waals surface area contributed by atoms with E-state index in [1.165, 1.54) is 4.90 Å². The Balaban J connectivity index is 2.50.